The van der Waals surface area contributed by atoms with Gasteiger partial charge < -0.3 is 19.3 Å². The maximum atomic E-state index is 13.1. The van der Waals surface area contributed by atoms with E-state index >= 15 is 0 Å². The third kappa shape index (κ3) is 3.54. The molecule has 1 aromatic heterocycles. The predicted octanol–water partition coefficient (Wildman–Crippen LogP) is 1.81. The Hall–Kier alpha value is -1.66. The van der Waals surface area contributed by atoms with Gasteiger partial charge in [0.15, 0.2) is 0 Å². The van der Waals surface area contributed by atoms with E-state index < -0.39 is 0 Å². The number of carbonyl (C=O) groups excluding carboxylic acids is 1. The molecule has 0 unspecified atom stereocenters. The number of rotatable bonds is 6. The summed E-state index contributed by atoms with van der Waals surface area (Å²) in [5, 5.41) is 0. The SMILES string of the molecule is COCCOc1ncccc1C(=O)N1CCC[C@H]1[C@H]1CCCN1C. The maximum absolute atomic E-state index is 13.1. The quantitative estimate of drug-likeness (QED) is 0.743. The fourth-order valence-electron chi connectivity index (χ4n) is 3.91. The van der Waals surface area contributed by atoms with Gasteiger partial charge in [0.2, 0.25) is 5.88 Å². The lowest BCUT2D eigenvalue weighted by molar-refractivity contribution is 0.0656. The van der Waals surface area contributed by atoms with Crippen LogP contribution in [-0.4, -0.2) is 73.2 Å². The lowest BCUT2D eigenvalue weighted by Crippen LogP contribution is -2.47. The van der Waals surface area contributed by atoms with Crippen LogP contribution >= 0.6 is 0 Å². The number of ether oxygens (including phenoxy) is 2. The van der Waals surface area contributed by atoms with Crippen molar-refractivity contribution in [1.82, 2.24) is 14.8 Å². The number of nitrogens with zero attached hydrogens (tertiary/aromatic N) is 3. The van der Waals surface area contributed by atoms with E-state index in [-0.39, 0.29) is 5.91 Å². The van der Waals surface area contributed by atoms with Crippen LogP contribution in [0.3, 0.4) is 0 Å². The molecule has 0 saturated carbocycles. The van der Waals surface area contributed by atoms with Gasteiger partial charge in [-0.25, -0.2) is 4.98 Å². The van der Waals surface area contributed by atoms with E-state index in [0.717, 1.165) is 25.9 Å². The molecule has 6 heteroatoms. The molecule has 0 radical (unpaired) electrons. The summed E-state index contributed by atoms with van der Waals surface area (Å²) in [6, 6.07) is 4.39. The monoisotopic (exact) mass is 333 g/mol. The van der Waals surface area contributed by atoms with Crippen LogP contribution < -0.4 is 4.74 Å². The Morgan fingerprint density at radius 1 is 1.25 bits per heavy atom. The van der Waals surface area contributed by atoms with Gasteiger partial charge in [0, 0.05) is 31.9 Å². The van der Waals surface area contributed by atoms with Crippen molar-refractivity contribution >= 4 is 5.91 Å². The molecular formula is C18H27N3O3. The van der Waals surface area contributed by atoms with E-state index in [9.17, 15) is 4.79 Å². The van der Waals surface area contributed by atoms with Gasteiger partial charge in [-0.15, -0.1) is 0 Å². The minimum atomic E-state index is 0.0401. The van der Waals surface area contributed by atoms with Gasteiger partial charge >= 0.3 is 0 Å². The van der Waals surface area contributed by atoms with Crippen molar-refractivity contribution < 1.29 is 14.3 Å². The van der Waals surface area contributed by atoms with Crippen molar-refractivity contribution in [3.8, 4) is 5.88 Å². The summed E-state index contributed by atoms with van der Waals surface area (Å²) in [6.07, 6.45) is 6.21. The molecule has 0 aromatic carbocycles. The zero-order chi connectivity index (χ0) is 16.9. The fourth-order valence-corrected chi connectivity index (χ4v) is 3.91. The van der Waals surface area contributed by atoms with Crippen molar-refractivity contribution in [2.24, 2.45) is 0 Å². The highest BCUT2D eigenvalue weighted by Crippen LogP contribution is 2.31. The normalized spacial score (nSPS) is 24.5. The highest BCUT2D eigenvalue weighted by atomic mass is 16.5. The number of methoxy groups -OCH3 is 1. The van der Waals surface area contributed by atoms with Crippen LogP contribution in [0.15, 0.2) is 18.3 Å². The molecular weight excluding hydrogens is 306 g/mol. The summed E-state index contributed by atoms with van der Waals surface area (Å²) >= 11 is 0. The van der Waals surface area contributed by atoms with Gasteiger partial charge in [0.1, 0.15) is 12.2 Å². The molecule has 24 heavy (non-hydrogen) atoms. The van der Waals surface area contributed by atoms with Gasteiger partial charge in [-0.2, -0.15) is 0 Å². The zero-order valence-corrected chi connectivity index (χ0v) is 14.6. The second-order valence-corrected chi connectivity index (χ2v) is 6.60. The van der Waals surface area contributed by atoms with E-state index in [1.54, 1.807) is 19.4 Å². The van der Waals surface area contributed by atoms with Crippen molar-refractivity contribution in [3.05, 3.63) is 23.9 Å². The highest BCUT2D eigenvalue weighted by Gasteiger charge is 2.39. The summed E-state index contributed by atoms with van der Waals surface area (Å²) in [5.74, 6) is 0.447. The first-order chi connectivity index (χ1) is 11.7. The van der Waals surface area contributed by atoms with E-state index in [1.165, 1.54) is 12.8 Å². The third-order valence-electron chi connectivity index (χ3n) is 5.11. The molecule has 0 aliphatic carbocycles. The molecule has 2 saturated heterocycles. The zero-order valence-electron chi connectivity index (χ0n) is 14.6. The molecule has 2 atom stereocenters. The summed E-state index contributed by atoms with van der Waals surface area (Å²) < 4.78 is 10.7. The smallest absolute Gasteiger partial charge is 0.259 e. The molecule has 0 spiro atoms. The molecule has 1 amide bonds. The average Bonchev–Trinajstić information content (AvgIpc) is 3.23. The number of pyridine rings is 1. The van der Waals surface area contributed by atoms with Gasteiger partial charge in [-0.3, -0.25) is 4.79 Å². The van der Waals surface area contributed by atoms with Crippen molar-refractivity contribution in [2.75, 3.05) is 40.5 Å². The Labute approximate surface area is 143 Å². The summed E-state index contributed by atoms with van der Waals surface area (Å²) in [6.45, 7) is 2.81. The topological polar surface area (TPSA) is 54.9 Å². The Balaban J connectivity index is 1.75. The Kier molecular flexibility index (Phi) is 5.68. The van der Waals surface area contributed by atoms with Crippen LogP contribution in [-0.2, 0) is 4.74 Å². The molecule has 3 rings (SSSR count). The lowest BCUT2D eigenvalue weighted by atomic mass is 10.0. The summed E-state index contributed by atoms with van der Waals surface area (Å²) in [7, 11) is 3.79. The number of aromatic nitrogens is 1. The number of carbonyl (C=O) groups is 1. The molecule has 2 aliphatic heterocycles. The van der Waals surface area contributed by atoms with Crippen LogP contribution in [0.2, 0.25) is 0 Å². The molecule has 1 aromatic rings. The van der Waals surface area contributed by atoms with E-state index in [4.69, 9.17) is 9.47 Å². The molecule has 132 valence electrons. The molecule has 0 bridgehead atoms. The standard InChI is InChI=1S/C18H27N3O3/c1-20-10-4-7-15(20)16-8-5-11-21(16)18(22)14-6-3-9-19-17(14)24-13-12-23-2/h3,6,9,15-16H,4-5,7-8,10-13H2,1-2H3/t15-,16+/m1/s1. The Bertz CT molecular complexity index is 566. The minimum Gasteiger partial charge on any atom is -0.475 e. The number of likely N-dealkylation sites (N-methyl/N-ethyl adjacent to an activating group) is 1. The van der Waals surface area contributed by atoms with Crippen LogP contribution in [0.4, 0.5) is 0 Å². The maximum Gasteiger partial charge on any atom is 0.259 e. The van der Waals surface area contributed by atoms with Gasteiger partial charge in [0.25, 0.3) is 5.91 Å². The minimum absolute atomic E-state index is 0.0401. The highest BCUT2D eigenvalue weighted by molar-refractivity contribution is 5.96. The second-order valence-electron chi connectivity index (χ2n) is 6.60. The van der Waals surface area contributed by atoms with Crippen molar-refractivity contribution in [2.45, 2.75) is 37.8 Å². The molecule has 0 N–H and O–H groups in total. The van der Waals surface area contributed by atoms with Crippen LogP contribution in [0, 0.1) is 0 Å². The molecule has 3 heterocycles. The molecule has 6 nitrogen and oxygen atoms in total. The predicted molar refractivity (Wildman–Crippen MR) is 91.3 cm³/mol. The van der Waals surface area contributed by atoms with E-state index in [1.807, 2.05) is 11.0 Å². The molecule has 2 aliphatic rings. The lowest BCUT2D eigenvalue weighted by Gasteiger charge is -2.33. The first kappa shape index (κ1) is 17.2. The van der Waals surface area contributed by atoms with Gasteiger partial charge in [-0.05, 0) is 51.4 Å². The Morgan fingerprint density at radius 3 is 2.79 bits per heavy atom. The average molecular weight is 333 g/mol. The van der Waals surface area contributed by atoms with Crippen molar-refractivity contribution in [3.63, 3.8) is 0 Å². The van der Waals surface area contributed by atoms with E-state index in [2.05, 4.69) is 16.9 Å². The van der Waals surface area contributed by atoms with Crippen molar-refractivity contribution in [1.29, 1.82) is 0 Å². The van der Waals surface area contributed by atoms with Gasteiger partial charge in [0.05, 0.1) is 6.61 Å². The Morgan fingerprint density at radius 2 is 2.04 bits per heavy atom. The van der Waals surface area contributed by atoms with Crippen LogP contribution in [0.5, 0.6) is 5.88 Å². The number of amides is 1. The summed E-state index contributed by atoms with van der Waals surface area (Å²) in [4.78, 5) is 21.8. The van der Waals surface area contributed by atoms with Crippen LogP contribution in [0.1, 0.15) is 36.0 Å². The molecule has 2 fully saturated rings. The first-order valence-corrected chi connectivity index (χ1v) is 8.80. The fraction of sp³-hybridized carbons (Fsp3) is 0.667. The van der Waals surface area contributed by atoms with Crippen LogP contribution in [0.25, 0.3) is 0 Å². The first-order valence-electron chi connectivity index (χ1n) is 8.80. The number of hydrogen-bond acceptors (Lipinski definition) is 5. The largest absolute Gasteiger partial charge is 0.475 e. The van der Waals surface area contributed by atoms with E-state index in [0.29, 0.717) is 36.7 Å². The number of hydrogen-bond donors (Lipinski definition) is 0. The number of likely N-dealkylation sites (tertiary alicyclic amines) is 2. The summed E-state index contributed by atoms with van der Waals surface area (Å²) in [5.41, 5.74) is 0.557. The van der Waals surface area contributed by atoms with Gasteiger partial charge in [-0.1, -0.05) is 0 Å². The third-order valence-corrected chi connectivity index (χ3v) is 5.11. The second kappa shape index (κ2) is 7.94.